The molecule has 0 radical (unpaired) electrons. The van der Waals surface area contributed by atoms with E-state index in [9.17, 15) is 9.59 Å². The van der Waals surface area contributed by atoms with Crippen molar-refractivity contribution < 1.29 is 19.1 Å². The first-order valence-electron chi connectivity index (χ1n) is 4.03. The minimum atomic E-state index is -1.13. The fourth-order valence-corrected chi connectivity index (χ4v) is 1.10. The Morgan fingerprint density at radius 2 is 1.85 bits per heavy atom. The van der Waals surface area contributed by atoms with Gasteiger partial charge in [0.25, 0.3) is 5.79 Å². The second-order valence-corrected chi connectivity index (χ2v) is 3.32. The van der Waals surface area contributed by atoms with Crippen molar-refractivity contribution in [1.82, 2.24) is 0 Å². The summed E-state index contributed by atoms with van der Waals surface area (Å²) in [5, 5.41) is 0. The number of hydrogen-bond donors (Lipinski definition) is 0. The molecule has 1 heterocycles. The SMILES string of the molecule is C=CCC1C(=O)OC(C)(C)OC1=O. The van der Waals surface area contributed by atoms with Crippen LogP contribution in [0.25, 0.3) is 0 Å². The number of hydrogen-bond acceptors (Lipinski definition) is 4. The summed E-state index contributed by atoms with van der Waals surface area (Å²) < 4.78 is 9.76. The van der Waals surface area contributed by atoms with Crippen molar-refractivity contribution in [2.24, 2.45) is 5.92 Å². The summed E-state index contributed by atoms with van der Waals surface area (Å²) in [6.45, 7) is 6.49. The predicted octanol–water partition coefficient (Wildman–Crippen LogP) is 1.01. The van der Waals surface area contributed by atoms with Crippen LogP contribution in [-0.4, -0.2) is 17.7 Å². The summed E-state index contributed by atoms with van der Waals surface area (Å²) >= 11 is 0. The number of allylic oxidation sites excluding steroid dienone is 1. The van der Waals surface area contributed by atoms with Gasteiger partial charge in [-0.15, -0.1) is 6.58 Å². The van der Waals surface area contributed by atoms with Gasteiger partial charge in [-0.05, 0) is 6.42 Å². The summed E-state index contributed by atoms with van der Waals surface area (Å²) in [6.07, 6.45) is 1.75. The van der Waals surface area contributed by atoms with Crippen molar-refractivity contribution in [3.8, 4) is 0 Å². The molecule has 1 aliphatic heterocycles. The van der Waals surface area contributed by atoms with Gasteiger partial charge in [-0.25, -0.2) is 0 Å². The molecule has 72 valence electrons. The lowest BCUT2D eigenvalue weighted by Gasteiger charge is -2.32. The number of carbonyl (C=O) groups is 2. The van der Waals surface area contributed by atoms with Gasteiger partial charge in [0.1, 0.15) is 0 Å². The molecule has 1 rings (SSSR count). The van der Waals surface area contributed by atoms with Crippen LogP contribution < -0.4 is 0 Å². The van der Waals surface area contributed by atoms with Crippen molar-refractivity contribution in [3.05, 3.63) is 12.7 Å². The topological polar surface area (TPSA) is 52.6 Å². The minimum Gasteiger partial charge on any atom is -0.422 e. The standard InChI is InChI=1S/C9H12O4/c1-4-5-6-7(10)12-9(2,3)13-8(6)11/h4,6H,1,5H2,2-3H3. The summed E-state index contributed by atoms with van der Waals surface area (Å²) in [5.41, 5.74) is 0. The summed E-state index contributed by atoms with van der Waals surface area (Å²) in [7, 11) is 0. The monoisotopic (exact) mass is 184 g/mol. The van der Waals surface area contributed by atoms with Crippen molar-refractivity contribution in [3.63, 3.8) is 0 Å². The second-order valence-electron chi connectivity index (χ2n) is 3.32. The van der Waals surface area contributed by atoms with E-state index in [-0.39, 0.29) is 6.42 Å². The Balaban J connectivity index is 2.76. The highest BCUT2D eigenvalue weighted by Gasteiger charge is 2.42. The van der Waals surface area contributed by atoms with Crippen LogP contribution in [0.2, 0.25) is 0 Å². The Bertz CT molecular complexity index is 234. The average molecular weight is 184 g/mol. The van der Waals surface area contributed by atoms with Crippen LogP contribution in [0, 0.1) is 5.92 Å². The van der Waals surface area contributed by atoms with E-state index in [4.69, 9.17) is 9.47 Å². The first-order chi connectivity index (χ1) is 5.96. The van der Waals surface area contributed by atoms with E-state index in [1.165, 1.54) is 19.9 Å². The molecule has 1 aliphatic rings. The molecule has 0 bridgehead atoms. The van der Waals surface area contributed by atoms with Gasteiger partial charge in [-0.2, -0.15) is 0 Å². The molecule has 0 unspecified atom stereocenters. The summed E-state index contributed by atoms with van der Waals surface area (Å²) in [6, 6.07) is 0. The molecule has 0 aromatic carbocycles. The minimum absolute atomic E-state index is 0.258. The molecular weight excluding hydrogens is 172 g/mol. The van der Waals surface area contributed by atoms with E-state index in [0.717, 1.165) is 0 Å². The van der Waals surface area contributed by atoms with Gasteiger partial charge in [0.15, 0.2) is 5.92 Å². The average Bonchev–Trinajstić information content (AvgIpc) is 1.94. The maximum atomic E-state index is 11.2. The molecule has 4 nitrogen and oxygen atoms in total. The normalized spacial score (nSPS) is 22.0. The van der Waals surface area contributed by atoms with Crippen LogP contribution in [0.1, 0.15) is 20.3 Å². The first-order valence-corrected chi connectivity index (χ1v) is 4.03. The Labute approximate surface area is 76.5 Å². The van der Waals surface area contributed by atoms with E-state index in [1.807, 2.05) is 0 Å². The molecule has 0 amide bonds. The van der Waals surface area contributed by atoms with E-state index < -0.39 is 23.6 Å². The predicted molar refractivity (Wildman–Crippen MR) is 44.6 cm³/mol. The van der Waals surface area contributed by atoms with Gasteiger partial charge in [-0.3, -0.25) is 9.59 Å². The smallest absolute Gasteiger partial charge is 0.323 e. The Morgan fingerprint density at radius 1 is 1.38 bits per heavy atom. The van der Waals surface area contributed by atoms with Crippen LogP contribution >= 0.6 is 0 Å². The maximum Gasteiger partial charge on any atom is 0.323 e. The first kappa shape index (κ1) is 9.77. The Kier molecular flexibility index (Phi) is 2.40. The molecule has 0 aliphatic carbocycles. The quantitative estimate of drug-likeness (QED) is 0.365. The lowest BCUT2D eigenvalue weighted by molar-refractivity contribution is -0.239. The highest BCUT2D eigenvalue weighted by Crippen LogP contribution is 2.24. The number of cyclic esters (lactones) is 2. The van der Waals surface area contributed by atoms with Crippen molar-refractivity contribution in [1.29, 1.82) is 0 Å². The van der Waals surface area contributed by atoms with Crippen LogP contribution in [0.15, 0.2) is 12.7 Å². The third-order valence-corrected chi connectivity index (χ3v) is 1.66. The zero-order valence-corrected chi connectivity index (χ0v) is 7.70. The van der Waals surface area contributed by atoms with E-state index in [2.05, 4.69) is 6.58 Å². The molecule has 0 aromatic heterocycles. The highest BCUT2D eigenvalue weighted by atomic mass is 16.7. The van der Waals surface area contributed by atoms with Gasteiger partial charge >= 0.3 is 11.9 Å². The molecule has 0 spiro atoms. The van der Waals surface area contributed by atoms with Crippen LogP contribution in [-0.2, 0) is 19.1 Å². The summed E-state index contributed by atoms with van der Waals surface area (Å²) in [4.78, 5) is 22.5. The lowest BCUT2D eigenvalue weighted by atomic mass is 10.0. The van der Waals surface area contributed by atoms with Crippen molar-refractivity contribution in [2.75, 3.05) is 0 Å². The lowest BCUT2D eigenvalue weighted by Crippen LogP contribution is -2.46. The third-order valence-electron chi connectivity index (χ3n) is 1.66. The van der Waals surface area contributed by atoms with E-state index in [1.54, 1.807) is 0 Å². The molecular formula is C9H12O4. The molecule has 0 saturated carbocycles. The van der Waals surface area contributed by atoms with Gasteiger partial charge < -0.3 is 9.47 Å². The van der Waals surface area contributed by atoms with Crippen molar-refractivity contribution in [2.45, 2.75) is 26.1 Å². The van der Waals surface area contributed by atoms with Gasteiger partial charge in [0.2, 0.25) is 0 Å². The molecule has 1 saturated heterocycles. The Morgan fingerprint density at radius 3 is 2.23 bits per heavy atom. The molecule has 13 heavy (non-hydrogen) atoms. The molecule has 0 aromatic rings. The highest BCUT2D eigenvalue weighted by molar-refractivity contribution is 5.96. The van der Waals surface area contributed by atoms with Crippen LogP contribution in [0.5, 0.6) is 0 Å². The molecule has 1 fully saturated rings. The molecule has 0 atom stereocenters. The zero-order chi connectivity index (χ0) is 10.1. The zero-order valence-electron chi connectivity index (χ0n) is 7.70. The van der Waals surface area contributed by atoms with Crippen molar-refractivity contribution >= 4 is 11.9 Å². The second kappa shape index (κ2) is 3.20. The number of carbonyl (C=O) groups excluding carboxylic acids is 2. The summed E-state index contributed by atoms with van der Waals surface area (Å²) in [5.74, 6) is -3.06. The van der Waals surface area contributed by atoms with Gasteiger partial charge in [0, 0.05) is 13.8 Å². The van der Waals surface area contributed by atoms with Gasteiger partial charge in [-0.1, -0.05) is 6.08 Å². The van der Waals surface area contributed by atoms with E-state index >= 15 is 0 Å². The number of rotatable bonds is 2. The van der Waals surface area contributed by atoms with Gasteiger partial charge in [0.05, 0.1) is 0 Å². The number of esters is 2. The fraction of sp³-hybridized carbons (Fsp3) is 0.556. The molecule has 4 heteroatoms. The largest absolute Gasteiger partial charge is 0.422 e. The fourth-order valence-electron chi connectivity index (χ4n) is 1.10. The van der Waals surface area contributed by atoms with E-state index in [0.29, 0.717) is 0 Å². The molecule has 0 N–H and O–H groups in total. The third kappa shape index (κ3) is 2.08. The Hall–Kier alpha value is -1.32. The van der Waals surface area contributed by atoms with Crippen LogP contribution in [0.4, 0.5) is 0 Å². The maximum absolute atomic E-state index is 11.2. The number of ether oxygens (including phenoxy) is 2. The van der Waals surface area contributed by atoms with Crippen LogP contribution in [0.3, 0.4) is 0 Å².